The van der Waals surface area contributed by atoms with Gasteiger partial charge in [-0.05, 0) is 11.4 Å². The van der Waals surface area contributed by atoms with Crippen LogP contribution < -0.4 is 10.1 Å². The Hall–Kier alpha value is -2.26. The SMILES string of the molecule is COc1n[nH]c(NC(=O)Cc2csc(-c3ccsc3)n2)n1. The first kappa shape index (κ1) is 13.7. The number of hydrogen-bond donors (Lipinski definition) is 2. The van der Waals surface area contributed by atoms with Crippen molar-refractivity contribution >= 4 is 34.5 Å². The third-order valence-corrected chi connectivity index (χ3v) is 4.19. The van der Waals surface area contributed by atoms with E-state index in [1.54, 1.807) is 11.3 Å². The zero-order valence-electron chi connectivity index (χ0n) is 11.0. The summed E-state index contributed by atoms with van der Waals surface area (Å²) in [6, 6.07) is 2.19. The Morgan fingerprint density at radius 3 is 3.05 bits per heavy atom. The number of aromatic amines is 1. The molecule has 0 fully saturated rings. The van der Waals surface area contributed by atoms with Crippen LogP contribution in [0.4, 0.5) is 5.95 Å². The quantitative estimate of drug-likeness (QED) is 0.751. The summed E-state index contributed by atoms with van der Waals surface area (Å²) in [4.78, 5) is 20.3. The largest absolute Gasteiger partial charge is 0.466 e. The summed E-state index contributed by atoms with van der Waals surface area (Å²) in [5, 5.41) is 15.8. The summed E-state index contributed by atoms with van der Waals surface area (Å²) in [7, 11) is 1.45. The maximum Gasteiger partial charge on any atom is 0.336 e. The van der Waals surface area contributed by atoms with Crippen molar-refractivity contribution in [1.82, 2.24) is 20.2 Å². The van der Waals surface area contributed by atoms with Gasteiger partial charge in [0.1, 0.15) is 5.01 Å². The maximum atomic E-state index is 11.9. The lowest BCUT2D eigenvalue weighted by molar-refractivity contribution is -0.115. The molecule has 9 heteroatoms. The Labute approximate surface area is 128 Å². The molecular formula is C12H11N5O2S2. The summed E-state index contributed by atoms with van der Waals surface area (Å²) in [6.07, 6.45) is 0.184. The van der Waals surface area contributed by atoms with Crippen LogP contribution in [0.2, 0.25) is 0 Å². The molecule has 0 unspecified atom stereocenters. The molecule has 0 aliphatic carbocycles. The predicted octanol–water partition coefficient (Wildman–Crippen LogP) is 2.18. The highest BCUT2D eigenvalue weighted by Crippen LogP contribution is 2.25. The molecule has 3 heterocycles. The number of thiophene rings is 1. The first-order valence-electron chi connectivity index (χ1n) is 5.98. The molecule has 0 bridgehead atoms. The van der Waals surface area contributed by atoms with E-state index in [9.17, 15) is 4.79 Å². The van der Waals surface area contributed by atoms with Crippen molar-refractivity contribution in [2.75, 3.05) is 12.4 Å². The number of H-pyrrole nitrogens is 1. The Morgan fingerprint density at radius 2 is 2.33 bits per heavy atom. The van der Waals surface area contributed by atoms with E-state index in [4.69, 9.17) is 4.74 Å². The molecule has 3 aromatic rings. The number of nitrogens with one attached hydrogen (secondary N) is 2. The highest BCUT2D eigenvalue weighted by Gasteiger charge is 2.11. The van der Waals surface area contributed by atoms with Gasteiger partial charge in [0, 0.05) is 16.3 Å². The molecule has 0 aliphatic rings. The summed E-state index contributed by atoms with van der Waals surface area (Å²) in [6.45, 7) is 0. The second kappa shape index (κ2) is 6.02. The summed E-state index contributed by atoms with van der Waals surface area (Å²) < 4.78 is 4.82. The lowest BCUT2D eigenvalue weighted by atomic mass is 10.3. The molecule has 108 valence electrons. The van der Waals surface area contributed by atoms with Gasteiger partial charge in [-0.25, -0.2) is 10.1 Å². The molecule has 0 saturated carbocycles. The van der Waals surface area contributed by atoms with E-state index in [0.29, 0.717) is 0 Å². The summed E-state index contributed by atoms with van der Waals surface area (Å²) in [5.74, 6) is 0.0427. The van der Waals surface area contributed by atoms with E-state index in [1.807, 2.05) is 22.2 Å². The van der Waals surface area contributed by atoms with E-state index >= 15 is 0 Å². The molecule has 3 aromatic heterocycles. The lowest BCUT2D eigenvalue weighted by Gasteiger charge is -1.98. The van der Waals surface area contributed by atoms with Crippen LogP contribution >= 0.6 is 22.7 Å². The van der Waals surface area contributed by atoms with Crippen molar-refractivity contribution in [2.45, 2.75) is 6.42 Å². The minimum Gasteiger partial charge on any atom is -0.466 e. The second-order valence-corrected chi connectivity index (χ2v) is 5.69. The lowest BCUT2D eigenvalue weighted by Crippen LogP contribution is -2.15. The highest BCUT2D eigenvalue weighted by atomic mass is 32.1. The maximum absolute atomic E-state index is 11.9. The number of thiazole rings is 1. The smallest absolute Gasteiger partial charge is 0.336 e. The van der Waals surface area contributed by atoms with Gasteiger partial charge in [0.05, 0.1) is 19.2 Å². The number of aromatic nitrogens is 4. The molecule has 2 N–H and O–H groups in total. The van der Waals surface area contributed by atoms with Gasteiger partial charge in [0.25, 0.3) is 0 Å². The summed E-state index contributed by atoms with van der Waals surface area (Å²) >= 11 is 3.14. The number of ether oxygens (including phenoxy) is 1. The number of anilines is 1. The third-order valence-electron chi connectivity index (χ3n) is 2.57. The Bertz CT molecular complexity index is 735. The fraction of sp³-hybridized carbons (Fsp3) is 0.167. The Balaban J connectivity index is 1.62. The van der Waals surface area contributed by atoms with Crippen LogP contribution in [-0.4, -0.2) is 33.2 Å². The third kappa shape index (κ3) is 3.26. The topological polar surface area (TPSA) is 92.8 Å². The van der Waals surface area contributed by atoms with E-state index in [-0.39, 0.29) is 24.3 Å². The van der Waals surface area contributed by atoms with Crippen molar-refractivity contribution in [1.29, 1.82) is 0 Å². The van der Waals surface area contributed by atoms with Gasteiger partial charge in [-0.3, -0.25) is 10.1 Å². The number of carbonyl (C=O) groups is 1. The molecule has 0 radical (unpaired) electrons. The van der Waals surface area contributed by atoms with Gasteiger partial charge in [-0.2, -0.15) is 16.3 Å². The van der Waals surface area contributed by atoms with Crippen LogP contribution in [0.5, 0.6) is 6.01 Å². The minimum absolute atomic E-state index is 0.179. The van der Waals surface area contributed by atoms with Crippen molar-refractivity contribution in [3.63, 3.8) is 0 Å². The second-order valence-electron chi connectivity index (χ2n) is 4.05. The average Bonchev–Trinajstić information content (AvgIpc) is 3.19. The van der Waals surface area contributed by atoms with E-state index < -0.39 is 0 Å². The molecule has 3 rings (SSSR count). The molecular weight excluding hydrogens is 310 g/mol. The Kier molecular flexibility index (Phi) is 3.93. The van der Waals surface area contributed by atoms with E-state index in [1.165, 1.54) is 18.4 Å². The normalized spacial score (nSPS) is 10.5. The zero-order chi connectivity index (χ0) is 14.7. The fourth-order valence-corrected chi connectivity index (χ4v) is 3.17. The molecule has 1 amide bonds. The molecule has 7 nitrogen and oxygen atoms in total. The van der Waals surface area contributed by atoms with Gasteiger partial charge >= 0.3 is 6.01 Å². The number of amides is 1. The monoisotopic (exact) mass is 321 g/mol. The van der Waals surface area contributed by atoms with Crippen molar-refractivity contribution in [2.24, 2.45) is 0 Å². The van der Waals surface area contributed by atoms with Crippen molar-refractivity contribution in [3.05, 3.63) is 27.9 Å². The molecule has 0 spiro atoms. The summed E-state index contributed by atoms with van der Waals surface area (Å²) in [5.41, 5.74) is 1.81. The number of methoxy groups -OCH3 is 1. The van der Waals surface area contributed by atoms with Crippen molar-refractivity contribution < 1.29 is 9.53 Å². The highest BCUT2D eigenvalue weighted by molar-refractivity contribution is 7.14. The van der Waals surface area contributed by atoms with Gasteiger partial charge in [0.15, 0.2) is 0 Å². The van der Waals surface area contributed by atoms with Crippen LogP contribution in [0.15, 0.2) is 22.2 Å². The van der Waals surface area contributed by atoms with Gasteiger partial charge in [-0.1, -0.05) is 0 Å². The predicted molar refractivity (Wildman–Crippen MR) is 80.7 cm³/mol. The van der Waals surface area contributed by atoms with Crippen molar-refractivity contribution in [3.8, 4) is 16.6 Å². The standard InChI is InChI=1S/C12H11N5O2S2/c1-19-12-15-11(16-17-12)14-9(18)4-8-6-21-10(13-8)7-2-3-20-5-7/h2-3,5-6H,4H2,1H3,(H2,14,15,16,17,18). The number of rotatable bonds is 5. The number of carbonyl (C=O) groups excluding carboxylic acids is 1. The number of nitrogens with zero attached hydrogens (tertiary/aromatic N) is 3. The van der Waals surface area contributed by atoms with Crippen LogP contribution in [-0.2, 0) is 11.2 Å². The average molecular weight is 321 g/mol. The molecule has 0 atom stereocenters. The van der Waals surface area contributed by atoms with Gasteiger partial charge < -0.3 is 4.74 Å². The van der Waals surface area contributed by atoms with Gasteiger partial charge in [0.2, 0.25) is 11.9 Å². The molecule has 0 saturated heterocycles. The molecule has 0 aromatic carbocycles. The van der Waals surface area contributed by atoms with Crippen LogP contribution in [0.25, 0.3) is 10.6 Å². The molecule has 21 heavy (non-hydrogen) atoms. The van der Waals surface area contributed by atoms with Crippen LogP contribution in [0.1, 0.15) is 5.69 Å². The molecule has 0 aliphatic heterocycles. The van der Waals surface area contributed by atoms with Crippen LogP contribution in [0.3, 0.4) is 0 Å². The fourth-order valence-electron chi connectivity index (χ4n) is 1.64. The van der Waals surface area contributed by atoms with E-state index in [2.05, 4.69) is 25.5 Å². The van der Waals surface area contributed by atoms with Crippen LogP contribution in [0, 0.1) is 0 Å². The van der Waals surface area contributed by atoms with Gasteiger partial charge in [-0.15, -0.1) is 16.4 Å². The first-order valence-corrected chi connectivity index (χ1v) is 7.80. The van der Waals surface area contributed by atoms with E-state index in [0.717, 1.165) is 16.3 Å². The zero-order valence-corrected chi connectivity index (χ0v) is 12.6. The number of hydrogen-bond acceptors (Lipinski definition) is 7. The minimum atomic E-state index is -0.212. The Morgan fingerprint density at radius 1 is 1.43 bits per heavy atom. The first-order chi connectivity index (χ1) is 10.2.